The SMILES string of the molecule is CC(c1cccc2ccccc12)N(CCCc1cccc(C(F)(F)F)c1)S(=O)(=O)N(CCCc1cccc(C(F)(F)F)c1)C(C)c1cccc2ccccc12. The van der Waals surface area contributed by atoms with Gasteiger partial charge in [0.25, 0.3) is 10.2 Å². The van der Waals surface area contributed by atoms with Gasteiger partial charge in [0.15, 0.2) is 0 Å². The first kappa shape index (κ1) is 40.0. The fraction of sp³-hybridized carbons (Fsp3) is 0.273. The molecule has 6 aromatic rings. The number of rotatable bonds is 14. The first-order valence-electron chi connectivity index (χ1n) is 18.2. The van der Waals surface area contributed by atoms with E-state index < -0.39 is 45.8 Å². The number of alkyl halides is 6. The molecule has 0 bridgehead atoms. The Labute approximate surface area is 318 Å². The summed E-state index contributed by atoms with van der Waals surface area (Å²) in [7, 11) is -4.36. The minimum atomic E-state index is -4.51. The normalized spacial score (nSPS) is 13.9. The summed E-state index contributed by atoms with van der Waals surface area (Å²) in [6.45, 7) is 3.62. The zero-order valence-electron chi connectivity index (χ0n) is 30.5. The van der Waals surface area contributed by atoms with Crippen molar-refractivity contribution < 1.29 is 34.8 Å². The second-order valence-corrected chi connectivity index (χ2v) is 15.7. The van der Waals surface area contributed by atoms with Gasteiger partial charge in [-0.25, -0.2) is 0 Å². The van der Waals surface area contributed by atoms with E-state index in [1.165, 1.54) is 20.7 Å². The number of fused-ring (bicyclic) bond motifs is 2. The fourth-order valence-electron chi connectivity index (χ4n) is 7.38. The lowest BCUT2D eigenvalue weighted by atomic mass is 9.99. The Hall–Kier alpha value is -4.71. The molecule has 0 aromatic heterocycles. The first-order chi connectivity index (χ1) is 26.1. The van der Waals surface area contributed by atoms with Crippen LogP contribution in [0.4, 0.5) is 26.3 Å². The largest absolute Gasteiger partial charge is 0.416 e. The Kier molecular flexibility index (Phi) is 12.0. The number of hydrogen-bond acceptors (Lipinski definition) is 2. The van der Waals surface area contributed by atoms with E-state index in [-0.39, 0.29) is 38.8 Å². The van der Waals surface area contributed by atoms with Crippen LogP contribution in [0, 0.1) is 0 Å². The molecule has 0 aliphatic carbocycles. The van der Waals surface area contributed by atoms with E-state index in [0.717, 1.165) is 56.9 Å². The number of hydrogen-bond donors (Lipinski definition) is 0. The third kappa shape index (κ3) is 9.23. The average Bonchev–Trinajstić information content (AvgIpc) is 3.16. The molecular weight excluding hydrogens is 735 g/mol. The molecule has 0 saturated carbocycles. The maximum atomic E-state index is 15.3. The Morgan fingerprint density at radius 3 is 1.27 bits per heavy atom. The summed E-state index contributed by atoms with van der Waals surface area (Å²) in [6, 6.07) is 35.4. The van der Waals surface area contributed by atoms with Gasteiger partial charge < -0.3 is 0 Å². The molecule has 0 amide bonds. The molecule has 0 heterocycles. The number of halogens is 6. The van der Waals surface area contributed by atoms with Crippen LogP contribution in [0.1, 0.15) is 72.2 Å². The van der Waals surface area contributed by atoms with Crippen molar-refractivity contribution in [3.63, 3.8) is 0 Å². The highest BCUT2D eigenvalue weighted by atomic mass is 32.2. The zero-order chi connectivity index (χ0) is 39.4. The van der Waals surface area contributed by atoms with Gasteiger partial charge in [-0.2, -0.15) is 43.4 Å². The summed E-state index contributed by atoms with van der Waals surface area (Å²) >= 11 is 0. The average molecular weight is 777 g/mol. The van der Waals surface area contributed by atoms with Gasteiger partial charge >= 0.3 is 12.4 Å². The Balaban J connectivity index is 1.39. The Morgan fingerprint density at radius 2 is 0.873 bits per heavy atom. The molecule has 288 valence electrons. The molecule has 0 aliphatic rings. The highest BCUT2D eigenvalue weighted by molar-refractivity contribution is 7.86. The van der Waals surface area contributed by atoms with Crippen LogP contribution in [-0.2, 0) is 35.4 Å². The maximum absolute atomic E-state index is 15.3. The van der Waals surface area contributed by atoms with Gasteiger partial charge in [-0.15, -0.1) is 0 Å². The van der Waals surface area contributed by atoms with Gasteiger partial charge in [-0.3, -0.25) is 0 Å². The summed E-state index contributed by atoms with van der Waals surface area (Å²) in [5.74, 6) is 0. The van der Waals surface area contributed by atoms with Crippen molar-refractivity contribution in [3.8, 4) is 0 Å². The van der Waals surface area contributed by atoms with Crippen molar-refractivity contribution in [2.45, 2.75) is 64.0 Å². The highest BCUT2D eigenvalue weighted by Crippen LogP contribution is 2.37. The Morgan fingerprint density at radius 1 is 0.509 bits per heavy atom. The summed E-state index contributed by atoms with van der Waals surface area (Å²) < 4.78 is 115. The third-order valence-corrected chi connectivity index (χ3v) is 12.4. The lowest BCUT2D eigenvalue weighted by Crippen LogP contribution is -2.47. The van der Waals surface area contributed by atoms with E-state index in [2.05, 4.69) is 0 Å². The van der Waals surface area contributed by atoms with Crippen LogP contribution in [0.25, 0.3) is 21.5 Å². The Bertz CT molecular complexity index is 2190. The van der Waals surface area contributed by atoms with E-state index in [0.29, 0.717) is 11.1 Å². The van der Waals surface area contributed by atoms with Gasteiger partial charge in [0, 0.05) is 25.2 Å². The molecule has 6 rings (SSSR count). The second-order valence-electron chi connectivity index (χ2n) is 13.8. The van der Waals surface area contributed by atoms with Crippen molar-refractivity contribution in [2.75, 3.05) is 13.1 Å². The molecule has 2 unspecified atom stereocenters. The predicted molar refractivity (Wildman–Crippen MR) is 207 cm³/mol. The van der Waals surface area contributed by atoms with Crippen molar-refractivity contribution in [1.29, 1.82) is 0 Å². The molecule has 0 saturated heterocycles. The van der Waals surface area contributed by atoms with Crippen LogP contribution >= 0.6 is 0 Å². The molecule has 2 atom stereocenters. The molecule has 0 spiro atoms. The van der Waals surface area contributed by atoms with Crippen LogP contribution in [-0.4, -0.2) is 30.1 Å². The van der Waals surface area contributed by atoms with Crippen LogP contribution < -0.4 is 0 Å². The summed E-state index contributed by atoms with van der Waals surface area (Å²) in [4.78, 5) is 0. The molecule has 4 nitrogen and oxygen atoms in total. The van der Waals surface area contributed by atoms with Crippen molar-refractivity contribution in [3.05, 3.63) is 167 Å². The van der Waals surface area contributed by atoms with Crippen LogP contribution in [0.5, 0.6) is 0 Å². The van der Waals surface area contributed by atoms with Gasteiger partial charge in [-0.1, -0.05) is 121 Å². The lowest BCUT2D eigenvalue weighted by Gasteiger charge is -2.37. The molecular formula is C44H42F6N2O2S. The predicted octanol–water partition coefficient (Wildman–Crippen LogP) is 12.0. The van der Waals surface area contributed by atoms with Gasteiger partial charge in [0.05, 0.1) is 11.1 Å². The monoisotopic (exact) mass is 776 g/mol. The van der Waals surface area contributed by atoms with Crippen molar-refractivity contribution in [2.24, 2.45) is 0 Å². The van der Waals surface area contributed by atoms with Crippen LogP contribution in [0.3, 0.4) is 0 Å². The van der Waals surface area contributed by atoms with Crippen LogP contribution in [0.2, 0.25) is 0 Å². The second kappa shape index (κ2) is 16.6. The fourth-order valence-corrected chi connectivity index (χ4v) is 9.39. The van der Waals surface area contributed by atoms with E-state index in [9.17, 15) is 26.3 Å². The minimum Gasteiger partial charge on any atom is -0.195 e. The van der Waals surface area contributed by atoms with Crippen molar-refractivity contribution >= 4 is 31.8 Å². The summed E-state index contributed by atoms with van der Waals surface area (Å²) in [6.07, 6.45) is -8.16. The molecule has 11 heteroatoms. The number of aryl methyl sites for hydroxylation is 2. The number of benzene rings is 6. The lowest BCUT2D eigenvalue weighted by molar-refractivity contribution is -0.138. The first-order valence-corrected chi connectivity index (χ1v) is 19.6. The maximum Gasteiger partial charge on any atom is 0.416 e. The van der Waals surface area contributed by atoms with Gasteiger partial charge in [0.1, 0.15) is 0 Å². The summed E-state index contributed by atoms with van der Waals surface area (Å²) in [5, 5.41) is 3.59. The van der Waals surface area contributed by atoms with Crippen LogP contribution in [0.15, 0.2) is 133 Å². The van der Waals surface area contributed by atoms with Crippen molar-refractivity contribution in [1.82, 2.24) is 8.61 Å². The molecule has 55 heavy (non-hydrogen) atoms. The molecule has 0 radical (unpaired) electrons. The molecule has 6 aromatic carbocycles. The topological polar surface area (TPSA) is 40.6 Å². The smallest absolute Gasteiger partial charge is 0.195 e. The van der Waals surface area contributed by atoms with E-state index >= 15 is 8.42 Å². The van der Waals surface area contributed by atoms with Gasteiger partial charge in [0.2, 0.25) is 0 Å². The van der Waals surface area contributed by atoms with E-state index in [1.807, 2.05) is 98.8 Å². The zero-order valence-corrected chi connectivity index (χ0v) is 31.3. The van der Waals surface area contributed by atoms with E-state index in [4.69, 9.17) is 0 Å². The standard InChI is InChI=1S/C44H42F6N2O2S/c1-31(39-25-9-19-35-17-3-5-23-41(35)39)51(27-11-15-33-13-7-21-37(29-33)43(45,46)47)55(53,54)52(28-12-16-34-14-8-22-38(30-34)44(48,49)50)32(2)40-26-10-20-36-18-4-6-24-42(36)40/h3-10,13-14,17-26,29-32H,11-12,15-16,27-28H2,1-2H3. The molecule has 0 aliphatic heterocycles. The van der Waals surface area contributed by atoms with Gasteiger partial charge in [-0.05, 0) is 95.5 Å². The highest BCUT2D eigenvalue weighted by Gasteiger charge is 2.38. The minimum absolute atomic E-state index is 0.00461. The van der Waals surface area contributed by atoms with E-state index in [1.54, 1.807) is 12.1 Å². The molecule has 0 fully saturated rings. The number of nitrogens with zero attached hydrogens (tertiary/aromatic N) is 2. The summed E-state index contributed by atoms with van der Waals surface area (Å²) in [5.41, 5.74) is 0.868. The molecule has 0 N–H and O–H groups in total. The third-order valence-electron chi connectivity index (χ3n) is 10.2. The quantitative estimate of drug-likeness (QED) is 0.103.